The Labute approximate surface area is 143 Å². The van der Waals surface area contributed by atoms with Crippen LogP contribution in [0.4, 0.5) is 0 Å². The third-order valence-corrected chi connectivity index (χ3v) is 4.07. The van der Waals surface area contributed by atoms with Gasteiger partial charge in [-0.05, 0) is 25.1 Å². The maximum atomic E-state index is 11.5. The van der Waals surface area contributed by atoms with Crippen LogP contribution in [0.25, 0.3) is 11.0 Å². The Morgan fingerprint density at radius 2 is 1.88 bits per heavy atom. The van der Waals surface area contributed by atoms with Gasteiger partial charge in [-0.2, -0.15) is 0 Å². The van der Waals surface area contributed by atoms with Crippen molar-refractivity contribution < 1.29 is 23.8 Å². The minimum absolute atomic E-state index is 0.437. The van der Waals surface area contributed by atoms with Gasteiger partial charge in [0.15, 0.2) is 18.4 Å². The fourth-order valence-electron chi connectivity index (χ4n) is 2.91. The number of hydrogen-bond donors (Lipinski definition) is 0. The van der Waals surface area contributed by atoms with Gasteiger partial charge in [-0.3, -0.25) is 9.59 Å². The molecular weight excluding hydrogens is 336 g/mol. The Balaban J connectivity index is 2.00. The molecule has 3 rings (SSSR count). The summed E-state index contributed by atoms with van der Waals surface area (Å²) in [5, 5.41) is 0.572. The first-order valence-corrected chi connectivity index (χ1v) is 7.86. The van der Waals surface area contributed by atoms with Gasteiger partial charge in [0, 0.05) is 18.9 Å². The zero-order valence-corrected chi connectivity index (χ0v) is 14.2. The van der Waals surface area contributed by atoms with Crippen LogP contribution in [0.2, 0.25) is 5.02 Å². The second-order valence-electron chi connectivity index (χ2n) is 5.66. The van der Waals surface area contributed by atoms with Gasteiger partial charge in [-0.25, -0.2) is 4.98 Å². The normalized spacial score (nSPS) is 26.5. The van der Waals surface area contributed by atoms with Gasteiger partial charge < -0.3 is 18.8 Å². The van der Waals surface area contributed by atoms with E-state index in [1.54, 1.807) is 30.0 Å². The highest BCUT2D eigenvalue weighted by Crippen LogP contribution is 2.36. The van der Waals surface area contributed by atoms with Crippen molar-refractivity contribution in [2.24, 2.45) is 0 Å². The molecule has 0 radical (unpaired) electrons. The smallest absolute Gasteiger partial charge is 0.303 e. The molecule has 0 aliphatic carbocycles. The molecule has 8 heteroatoms. The summed E-state index contributed by atoms with van der Waals surface area (Å²) < 4.78 is 18.3. The molecule has 128 valence electrons. The number of ether oxygens (including phenoxy) is 3. The molecule has 2 heterocycles. The first kappa shape index (κ1) is 16.7. The fraction of sp³-hybridized carbons (Fsp3) is 0.438. The average Bonchev–Trinajstić information content (AvgIpc) is 3.01. The Bertz CT molecular complexity index is 790. The van der Waals surface area contributed by atoms with Crippen molar-refractivity contribution in [3.63, 3.8) is 0 Å². The molecule has 0 bridgehead atoms. The van der Waals surface area contributed by atoms with Crippen LogP contribution in [0.1, 0.15) is 27.0 Å². The summed E-state index contributed by atoms with van der Waals surface area (Å²) in [6.45, 7) is 4.37. The molecular formula is C16H17ClN2O5. The summed E-state index contributed by atoms with van der Waals surface area (Å²) in [6.07, 6.45) is -0.964. The van der Waals surface area contributed by atoms with Crippen molar-refractivity contribution in [2.75, 3.05) is 0 Å². The van der Waals surface area contributed by atoms with E-state index in [-0.39, 0.29) is 0 Å². The van der Waals surface area contributed by atoms with Crippen molar-refractivity contribution >= 4 is 34.6 Å². The summed E-state index contributed by atoms with van der Waals surface area (Å²) in [5.41, 5.74) is 1.47. The monoisotopic (exact) mass is 352 g/mol. The Hall–Kier alpha value is -2.12. The van der Waals surface area contributed by atoms with Crippen LogP contribution in [0, 0.1) is 0 Å². The van der Waals surface area contributed by atoms with E-state index in [4.69, 9.17) is 25.8 Å². The summed E-state index contributed by atoms with van der Waals surface area (Å²) in [5.74, 6) is -0.942. The number of hydrogen-bond acceptors (Lipinski definition) is 6. The van der Waals surface area contributed by atoms with Crippen molar-refractivity contribution in [3.05, 3.63) is 29.5 Å². The zero-order chi connectivity index (χ0) is 17.4. The minimum atomic E-state index is -0.769. The van der Waals surface area contributed by atoms with Crippen LogP contribution < -0.4 is 0 Å². The largest absolute Gasteiger partial charge is 0.456 e. The number of aromatic nitrogens is 2. The van der Waals surface area contributed by atoms with E-state index in [0.29, 0.717) is 10.5 Å². The lowest BCUT2D eigenvalue weighted by Crippen LogP contribution is -2.38. The molecule has 2 aromatic rings. The van der Waals surface area contributed by atoms with Gasteiger partial charge in [-0.1, -0.05) is 11.6 Å². The molecule has 7 nitrogen and oxygen atoms in total. The fourth-order valence-corrected chi connectivity index (χ4v) is 3.07. The Kier molecular flexibility index (Phi) is 4.47. The zero-order valence-electron chi connectivity index (χ0n) is 13.4. The van der Waals surface area contributed by atoms with E-state index in [1.165, 1.54) is 13.8 Å². The van der Waals surface area contributed by atoms with Gasteiger partial charge in [0.2, 0.25) is 0 Å². The van der Waals surface area contributed by atoms with Gasteiger partial charge in [-0.15, -0.1) is 0 Å². The topological polar surface area (TPSA) is 79.6 Å². The Morgan fingerprint density at radius 3 is 2.54 bits per heavy atom. The van der Waals surface area contributed by atoms with E-state index in [9.17, 15) is 9.59 Å². The van der Waals surface area contributed by atoms with E-state index in [1.807, 2.05) is 6.07 Å². The average molecular weight is 353 g/mol. The molecule has 1 aromatic heterocycles. The molecule has 1 saturated heterocycles. The van der Waals surface area contributed by atoms with Gasteiger partial charge in [0.05, 0.1) is 23.5 Å². The number of carbonyl (C=O) groups excluding carboxylic acids is 2. The number of halogens is 1. The molecule has 0 spiro atoms. The molecule has 0 saturated carbocycles. The van der Waals surface area contributed by atoms with Crippen LogP contribution in [0.15, 0.2) is 24.5 Å². The molecule has 4 atom stereocenters. The molecule has 1 aliphatic heterocycles. The summed E-state index contributed by atoms with van der Waals surface area (Å²) >= 11 is 5.98. The first-order chi connectivity index (χ1) is 11.4. The summed E-state index contributed by atoms with van der Waals surface area (Å²) in [4.78, 5) is 27.2. The molecule has 24 heavy (non-hydrogen) atoms. The first-order valence-electron chi connectivity index (χ1n) is 7.49. The maximum Gasteiger partial charge on any atom is 0.303 e. The molecule has 0 amide bonds. The minimum Gasteiger partial charge on any atom is -0.456 e. The number of rotatable bonds is 3. The lowest BCUT2D eigenvalue weighted by molar-refractivity contribution is -0.165. The highest BCUT2D eigenvalue weighted by atomic mass is 35.5. The van der Waals surface area contributed by atoms with E-state index >= 15 is 0 Å². The van der Waals surface area contributed by atoms with E-state index in [2.05, 4.69) is 4.98 Å². The molecule has 1 aromatic carbocycles. The van der Waals surface area contributed by atoms with Crippen molar-refractivity contribution in [3.8, 4) is 0 Å². The van der Waals surface area contributed by atoms with Crippen LogP contribution in [0.3, 0.4) is 0 Å². The standard InChI is InChI=1S/C16H17ClN2O5/c1-8-14(23-9(2)20)15(24-10(3)21)16(22-8)19-7-18-12-6-11(17)4-5-13(12)19/h4-8,14-16H,1-3H3/t8-,14-,15-,16-/m1/s1. The third-order valence-electron chi connectivity index (χ3n) is 3.84. The molecule has 1 fully saturated rings. The molecule has 0 N–H and O–H groups in total. The second kappa shape index (κ2) is 6.41. The van der Waals surface area contributed by atoms with Crippen LogP contribution in [-0.4, -0.2) is 39.8 Å². The van der Waals surface area contributed by atoms with Gasteiger partial charge in [0.1, 0.15) is 0 Å². The molecule has 0 unspecified atom stereocenters. The van der Waals surface area contributed by atoms with Crippen LogP contribution >= 0.6 is 11.6 Å². The Morgan fingerprint density at radius 1 is 1.21 bits per heavy atom. The molecule has 1 aliphatic rings. The van der Waals surface area contributed by atoms with Crippen LogP contribution in [0.5, 0.6) is 0 Å². The highest BCUT2D eigenvalue weighted by molar-refractivity contribution is 6.31. The van der Waals surface area contributed by atoms with Crippen LogP contribution in [-0.2, 0) is 23.8 Å². The lowest BCUT2D eigenvalue weighted by atomic mass is 10.1. The lowest BCUT2D eigenvalue weighted by Gasteiger charge is -2.23. The number of nitrogens with zero attached hydrogens (tertiary/aromatic N) is 2. The second-order valence-corrected chi connectivity index (χ2v) is 6.10. The summed E-state index contributed by atoms with van der Waals surface area (Å²) in [7, 11) is 0. The maximum absolute atomic E-state index is 11.5. The predicted molar refractivity (Wildman–Crippen MR) is 85.4 cm³/mol. The van der Waals surface area contributed by atoms with E-state index < -0.39 is 36.5 Å². The third kappa shape index (κ3) is 3.09. The number of fused-ring (bicyclic) bond motifs is 1. The van der Waals surface area contributed by atoms with Gasteiger partial charge >= 0.3 is 11.9 Å². The van der Waals surface area contributed by atoms with Crippen molar-refractivity contribution in [2.45, 2.75) is 45.3 Å². The number of imidazole rings is 1. The SMILES string of the molecule is CC(=O)O[C@@H]1[C@H](OC(C)=O)[C@@H](C)O[C@H]1n1cnc2cc(Cl)ccc21. The highest BCUT2D eigenvalue weighted by Gasteiger charge is 2.48. The van der Waals surface area contributed by atoms with Crippen molar-refractivity contribution in [1.82, 2.24) is 9.55 Å². The number of esters is 2. The number of carbonyl (C=O) groups is 2. The van der Waals surface area contributed by atoms with E-state index in [0.717, 1.165) is 5.52 Å². The van der Waals surface area contributed by atoms with Gasteiger partial charge in [0.25, 0.3) is 0 Å². The quantitative estimate of drug-likeness (QED) is 0.789. The summed E-state index contributed by atoms with van der Waals surface area (Å²) in [6, 6.07) is 5.28. The predicted octanol–water partition coefficient (Wildman–Crippen LogP) is 2.47. The number of benzene rings is 1. The van der Waals surface area contributed by atoms with Crippen molar-refractivity contribution in [1.29, 1.82) is 0 Å².